The first-order valence-corrected chi connectivity index (χ1v) is 6.11. The Bertz CT molecular complexity index is 455. The molecular formula is C14H16N2O. The molecule has 3 rings (SSSR count). The molecule has 3 nitrogen and oxygen atoms in total. The van der Waals surface area contributed by atoms with Crippen molar-refractivity contribution in [1.82, 2.24) is 10.2 Å². The van der Waals surface area contributed by atoms with Crippen LogP contribution in [0.15, 0.2) is 36.5 Å². The fourth-order valence-corrected chi connectivity index (χ4v) is 2.38. The van der Waals surface area contributed by atoms with Gasteiger partial charge in [-0.15, -0.1) is 0 Å². The molecule has 0 spiro atoms. The Morgan fingerprint density at radius 3 is 2.47 bits per heavy atom. The minimum atomic E-state index is 0.666. The molecule has 0 bridgehead atoms. The lowest BCUT2D eigenvalue weighted by atomic mass is 9.91. The molecule has 1 aliphatic rings. The first-order chi connectivity index (χ1) is 8.43. The molecule has 1 N–H and O–H groups in total. The van der Waals surface area contributed by atoms with E-state index in [2.05, 4.69) is 34.5 Å². The van der Waals surface area contributed by atoms with Gasteiger partial charge in [-0.1, -0.05) is 24.3 Å². The largest absolute Gasteiger partial charge is 0.381 e. The van der Waals surface area contributed by atoms with Crippen LogP contribution in [0.3, 0.4) is 0 Å². The van der Waals surface area contributed by atoms with Crippen LogP contribution in [0.25, 0.3) is 11.3 Å². The van der Waals surface area contributed by atoms with Gasteiger partial charge in [-0.3, -0.25) is 5.10 Å². The quantitative estimate of drug-likeness (QED) is 0.858. The minimum absolute atomic E-state index is 0.666. The topological polar surface area (TPSA) is 37.9 Å². The van der Waals surface area contributed by atoms with Crippen molar-refractivity contribution in [2.75, 3.05) is 13.2 Å². The number of aromatic nitrogens is 2. The Balaban J connectivity index is 1.80. The van der Waals surface area contributed by atoms with Crippen LogP contribution in [0.2, 0.25) is 0 Å². The van der Waals surface area contributed by atoms with E-state index in [1.54, 1.807) is 6.20 Å². The maximum Gasteiger partial charge on any atom is 0.0650 e. The van der Waals surface area contributed by atoms with E-state index in [4.69, 9.17) is 4.74 Å². The number of benzene rings is 1. The summed E-state index contributed by atoms with van der Waals surface area (Å²) in [4.78, 5) is 0. The molecule has 1 aromatic carbocycles. The first-order valence-electron chi connectivity index (χ1n) is 6.11. The van der Waals surface area contributed by atoms with Crippen LogP contribution in [-0.4, -0.2) is 23.4 Å². The van der Waals surface area contributed by atoms with Gasteiger partial charge in [0.1, 0.15) is 0 Å². The van der Waals surface area contributed by atoms with E-state index >= 15 is 0 Å². The number of nitrogens with one attached hydrogen (secondary N) is 1. The van der Waals surface area contributed by atoms with Crippen molar-refractivity contribution >= 4 is 0 Å². The van der Waals surface area contributed by atoms with Crippen LogP contribution < -0.4 is 0 Å². The van der Waals surface area contributed by atoms with Crippen LogP contribution in [0.4, 0.5) is 0 Å². The van der Waals surface area contributed by atoms with E-state index in [0.29, 0.717) is 5.92 Å². The third-order valence-corrected chi connectivity index (χ3v) is 3.42. The zero-order valence-electron chi connectivity index (χ0n) is 9.73. The Hall–Kier alpha value is -1.61. The van der Waals surface area contributed by atoms with Gasteiger partial charge in [-0.05, 0) is 36.0 Å². The van der Waals surface area contributed by atoms with Crippen molar-refractivity contribution < 1.29 is 4.74 Å². The highest BCUT2D eigenvalue weighted by atomic mass is 16.5. The lowest BCUT2D eigenvalue weighted by Gasteiger charge is -2.22. The number of ether oxygens (including phenoxy) is 1. The molecule has 3 heteroatoms. The second-order valence-corrected chi connectivity index (χ2v) is 4.48. The summed E-state index contributed by atoms with van der Waals surface area (Å²) in [5, 5.41) is 6.95. The van der Waals surface area contributed by atoms with Gasteiger partial charge < -0.3 is 4.74 Å². The van der Waals surface area contributed by atoms with E-state index in [1.165, 1.54) is 11.1 Å². The van der Waals surface area contributed by atoms with Crippen LogP contribution in [-0.2, 0) is 4.74 Å². The smallest absolute Gasteiger partial charge is 0.0650 e. The lowest BCUT2D eigenvalue weighted by Crippen LogP contribution is -2.13. The van der Waals surface area contributed by atoms with Gasteiger partial charge in [0.05, 0.1) is 5.69 Å². The number of hydrogen-bond acceptors (Lipinski definition) is 2. The summed E-state index contributed by atoms with van der Waals surface area (Å²) in [7, 11) is 0. The van der Waals surface area contributed by atoms with E-state index in [0.717, 1.165) is 31.7 Å². The Kier molecular flexibility index (Phi) is 2.92. The van der Waals surface area contributed by atoms with E-state index in [1.807, 2.05) is 6.07 Å². The monoisotopic (exact) mass is 228 g/mol. The molecule has 1 saturated heterocycles. The molecule has 0 radical (unpaired) electrons. The normalized spacial score (nSPS) is 17.2. The van der Waals surface area contributed by atoms with Gasteiger partial charge in [0.25, 0.3) is 0 Å². The Labute approximate surface area is 101 Å². The predicted molar refractivity (Wildman–Crippen MR) is 66.8 cm³/mol. The number of rotatable bonds is 2. The van der Waals surface area contributed by atoms with Crippen LogP contribution in [0.1, 0.15) is 24.3 Å². The zero-order chi connectivity index (χ0) is 11.5. The van der Waals surface area contributed by atoms with Crippen molar-refractivity contribution in [2.45, 2.75) is 18.8 Å². The molecule has 0 atom stereocenters. The average molecular weight is 228 g/mol. The van der Waals surface area contributed by atoms with Crippen molar-refractivity contribution in [3.8, 4) is 11.3 Å². The molecule has 0 aliphatic carbocycles. The summed E-state index contributed by atoms with van der Waals surface area (Å²) in [6.45, 7) is 1.79. The summed E-state index contributed by atoms with van der Waals surface area (Å²) in [6, 6.07) is 10.8. The maximum atomic E-state index is 5.39. The lowest BCUT2D eigenvalue weighted by molar-refractivity contribution is 0.0853. The molecular weight excluding hydrogens is 212 g/mol. The Morgan fingerprint density at radius 1 is 1.06 bits per heavy atom. The fourth-order valence-electron chi connectivity index (χ4n) is 2.38. The van der Waals surface area contributed by atoms with Gasteiger partial charge in [-0.25, -0.2) is 0 Å². The fraction of sp³-hybridized carbons (Fsp3) is 0.357. The first kappa shape index (κ1) is 10.5. The van der Waals surface area contributed by atoms with Gasteiger partial charge in [0, 0.05) is 19.4 Å². The molecule has 1 aromatic heterocycles. The third-order valence-electron chi connectivity index (χ3n) is 3.42. The van der Waals surface area contributed by atoms with Crippen molar-refractivity contribution in [3.05, 3.63) is 42.1 Å². The highest BCUT2D eigenvalue weighted by molar-refractivity contribution is 5.58. The number of H-pyrrole nitrogens is 1. The zero-order valence-corrected chi connectivity index (χ0v) is 9.73. The van der Waals surface area contributed by atoms with E-state index in [-0.39, 0.29) is 0 Å². The van der Waals surface area contributed by atoms with Crippen molar-refractivity contribution in [2.24, 2.45) is 0 Å². The SMILES string of the molecule is c1cc(-c2ccc(C3CCOCC3)cc2)[nH]n1. The Morgan fingerprint density at radius 2 is 1.82 bits per heavy atom. The highest BCUT2D eigenvalue weighted by Crippen LogP contribution is 2.28. The molecule has 0 amide bonds. The van der Waals surface area contributed by atoms with Gasteiger partial charge in [0.2, 0.25) is 0 Å². The van der Waals surface area contributed by atoms with Crippen molar-refractivity contribution in [1.29, 1.82) is 0 Å². The molecule has 1 fully saturated rings. The standard InChI is InChI=1S/C14H16N2O/c1-3-13(14-5-8-15-16-14)4-2-11(1)12-6-9-17-10-7-12/h1-5,8,12H,6-7,9-10H2,(H,15,16). The third kappa shape index (κ3) is 2.24. The second kappa shape index (κ2) is 4.72. The second-order valence-electron chi connectivity index (χ2n) is 4.48. The molecule has 2 heterocycles. The summed E-state index contributed by atoms with van der Waals surface area (Å²) in [6.07, 6.45) is 4.06. The summed E-state index contributed by atoms with van der Waals surface area (Å²) in [5.74, 6) is 0.666. The van der Waals surface area contributed by atoms with Gasteiger partial charge >= 0.3 is 0 Å². The van der Waals surface area contributed by atoms with Crippen molar-refractivity contribution in [3.63, 3.8) is 0 Å². The molecule has 17 heavy (non-hydrogen) atoms. The van der Waals surface area contributed by atoms with Gasteiger partial charge in [-0.2, -0.15) is 5.10 Å². The maximum absolute atomic E-state index is 5.39. The number of nitrogens with zero attached hydrogens (tertiary/aromatic N) is 1. The van der Waals surface area contributed by atoms with Gasteiger partial charge in [0.15, 0.2) is 0 Å². The van der Waals surface area contributed by atoms with Crippen LogP contribution in [0, 0.1) is 0 Å². The van der Waals surface area contributed by atoms with Crippen LogP contribution in [0.5, 0.6) is 0 Å². The molecule has 0 saturated carbocycles. The molecule has 0 unspecified atom stereocenters. The summed E-state index contributed by atoms with van der Waals surface area (Å²) in [5.41, 5.74) is 3.69. The number of hydrogen-bond donors (Lipinski definition) is 1. The summed E-state index contributed by atoms with van der Waals surface area (Å²) < 4.78 is 5.39. The molecule has 1 aliphatic heterocycles. The molecule has 88 valence electrons. The molecule has 2 aromatic rings. The van der Waals surface area contributed by atoms with E-state index in [9.17, 15) is 0 Å². The van der Waals surface area contributed by atoms with Crippen LogP contribution >= 0.6 is 0 Å². The van der Waals surface area contributed by atoms with E-state index < -0.39 is 0 Å². The predicted octanol–water partition coefficient (Wildman–Crippen LogP) is 2.97. The highest BCUT2D eigenvalue weighted by Gasteiger charge is 2.15. The number of aromatic amines is 1. The minimum Gasteiger partial charge on any atom is -0.381 e. The average Bonchev–Trinajstić information content (AvgIpc) is 2.94. The summed E-state index contributed by atoms with van der Waals surface area (Å²) >= 11 is 0.